The molecule has 0 aliphatic rings. The quantitative estimate of drug-likeness (QED) is 0.683. The van der Waals surface area contributed by atoms with E-state index in [0.29, 0.717) is 13.0 Å². The molecule has 1 heterocycles. The molecule has 0 bridgehead atoms. The molecule has 3 heteroatoms. The Balaban J connectivity index is 1.81. The van der Waals surface area contributed by atoms with Crippen LogP contribution in [0.3, 0.4) is 0 Å². The van der Waals surface area contributed by atoms with Crippen molar-refractivity contribution in [3.63, 3.8) is 0 Å². The molecule has 0 N–H and O–H groups in total. The highest BCUT2D eigenvalue weighted by atomic mass is 16.2. The standard InChI is InChI=1S/C22H22N2O/c1-24(17-18-9-4-2-5-10-18)22(25)21(20-12-6-3-7-13-20)15-19-11-8-14-23-16-19/h2-14,16,21H,15,17H2,1H3. The van der Waals surface area contributed by atoms with E-state index in [1.54, 1.807) is 6.20 Å². The van der Waals surface area contributed by atoms with Crippen LogP contribution in [0.2, 0.25) is 0 Å². The fraction of sp³-hybridized carbons (Fsp3) is 0.182. The first kappa shape index (κ1) is 16.9. The van der Waals surface area contributed by atoms with Crippen molar-refractivity contribution in [3.05, 3.63) is 102 Å². The molecule has 0 spiro atoms. The van der Waals surface area contributed by atoms with E-state index in [1.165, 1.54) is 0 Å². The van der Waals surface area contributed by atoms with Crippen LogP contribution in [-0.4, -0.2) is 22.8 Å². The summed E-state index contributed by atoms with van der Waals surface area (Å²) in [5.74, 6) is -0.0852. The smallest absolute Gasteiger partial charge is 0.230 e. The predicted molar refractivity (Wildman–Crippen MR) is 100 cm³/mol. The minimum Gasteiger partial charge on any atom is -0.341 e. The summed E-state index contributed by atoms with van der Waals surface area (Å²) in [5, 5.41) is 0. The van der Waals surface area contributed by atoms with Crippen molar-refractivity contribution in [2.24, 2.45) is 0 Å². The van der Waals surface area contributed by atoms with Gasteiger partial charge in [-0.1, -0.05) is 66.7 Å². The number of benzene rings is 2. The molecule has 0 radical (unpaired) electrons. The number of pyridine rings is 1. The van der Waals surface area contributed by atoms with E-state index >= 15 is 0 Å². The Morgan fingerprint density at radius 2 is 1.56 bits per heavy atom. The van der Waals surface area contributed by atoms with Gasteiger partial charge in [0.25, 0.3) is 0 Å². The topological polar surface area (TPSA) is 33.2 Å². The molecule has 1 aromatic heterocycles. The number of likely N-dealkylation sites (N-methyl/N-ethyl adjacent to an activating group) is 1. The highest BCUT2D eigenvalue weighted by molar-refractivity contribution is 5.83. The SMILES string of the molecule is CN(Cc1ccccc1)C(=O)C(Cc1cccnc1)c1ccccc1. The summed E-state index contributed by atoms with van der Waals surface area (Å²) in [5.41, 5.74) is 3.24. The summed E-state index contributed by atoms with van der Waals surface area (Å²) in [6.45, 7) is 0.607. The summed E-state index contributed by atoms with van der Waals surface area (Å²) < 4.78 is 0. The van der Waals surface area contributed by atoms with Crippen LogP contribution in [-0.2, 0) is 17.8 Å². The summed E-state index contributed by atoms with van der Waals surface area (Å²) >= 11 is 0. The van der Waals surface area contributed by atoms with E-state index in [1.807, 2.05) is 90.9 Å². The maximum atomic E-state index is 13.2. The van der Waals surface area contributed by atoms with Gasteiger partial charge in [-0.25, -0.2) is 0 Å². The van der Waals surface area contributed by atoms with E-state index in [-0.39, 0.29) is 11.8 Å². The van der Waals surface area contributed by atoms with Gasteiger partial charge in [0.1, 0.15) is 0 Å². The summed E-state index contributed by atoms with van der Waals surface area (Å²) in [4.78, 5) is 19.1. The Morgan fingerprint density at radius 1 is 0.920 bits per heavy atom. The van der Waals surface area contributed by atoms with E-state index < -0.39 is 0 Å². The van der Waals surface area contributed by atoms with Gasteiger partial charge in [0.15, 0.2) is 0 Å². The third-order valence-electron chi connectivity index (χ3n) is 4.30. The lowest BCUT2D eigenvalue weighted by molar-refractivity contribution is -0.132. The Kier molecular flexibility index (Phi) is 5.57. The van der Waals surface area contributed by atoms with Crippen LogP contribution in [0.1, 0.15) is 22.6 Å². The fourth-order valence-corrected chi connectivity index (χ4v) is 2.99. The zero-order chi connectivity index (χ0) is 17.5. The van der Waals surface area contributed by atoms with E-state index in [0.717, 1.165) is 16.7 Å². The number of aromatic nitrogens is 1. The molecular formula is C22H22N2O. The van der Waals surface area contributed by atoms with Gasteiger partial charge in [-0.05, 0) is 29.2 Å². The van der Waals surface area contributed by atoms with Crippen molar-refractivity contribution in [2.75, 3.05) is 7.05 Å². The second-order valence-corrected chi connectivity index (χ2v) is 6.21. The molecule has 1 amide bonds. The summed E-state index contributed by atoms with van der Waals surface area (Å²) in [7, 11) is 1.87. The lowest BCUT2D eigenvalue weighted by Crippen LogP contribution is -2.32. The molecule has 3 rings (SSSR count). The van der Waals surface area contributed by atoms with Gasteiger partial charge in [-0.2, -0.15) is 0 Å². The molecule has 1 unspecified atom stereocenters. The van der Waals surface area contributed by atoms with E-state index in [2.05, 4.69) is 4.98 Å². The second kappa shape index (κ2) is 8.25. The Morgan fingerprint density at radius 3 is 2.20 bits per heavy atom. The van der Waals surface area contributed by atoms with Crippen molar-refractivity contribution < 1.29 is 4.79 Å². The third-order valence-corrected chi connectivity index (χ3v) is 4.30. The van der Waals surface area contributed by atoms with Crippen LogP contribution >= 0.6 is 0 Å². The van der Waals surface area contributed by atoms with E-state index in [9.17, 15) is 4.79 Å². The molecule has 2 aromatic carbocycles. The predicted octanol–water partition coefficient (Wildman–Crippen LogP) is 4.07. The first-order chi connectivity index (χ1) is 12.2. The zero-order valence-corrected chi connectivity index (χ0v) is 14.4. The number of rotatable bonds is 6. The van der Waals surface area contributed by atoms with Crippen molar-refractivity contribution in [1.82, 2.24) is 9.88 Å². The van der Waals surface area contributed by atoms with Gasteiger partial charge in [-0.15, -0.1) is 0 Å². The molecule has 3 aromatic rings. The lowest BCUT2D eigenvalue weighted by Gasteiger charge is -2.24. The van der Waals surface area contributed by atoms with E-state index in [4.69, 9.17) is 0 Å². The van der Waals surface area contributed by atoms with Gasteiger partial charge < -0.3 is 4.90 Å². The van der Waals surface area contributed by atoms with Gasteiger partial charge in [0.2, 0.25) is 5.91 Å². The van der Waals surface area contributed by atoms with Crippen LogP contribution in [0, 0.1) is 0 Å². The molecule has 0 aliphatic carbocycles. The van der Waals surface area contributed by atoms with Gasteiger partial charge in [-0.3, -0.25) is 9.78 Å². The molecule has 1 atom stereocenters. The minimum atomic E-state index is -0.209. The number of amides is 1. The van der Waals surface area contributed by atoms with Crippen LogP contribution in [0.4, 0.5) is 0 Å². The van der Waals surface area contributed by atoms with Gasteiger partial charge in [0.05, 0.1) is 5.92 Å². The zero-order valence-electron chi connectivity index (χ0n) is 14.4. The van der Waals surface area contributed by atoms with Crippen LogP contribution in [0.15, 0.2) is 85.2 Å². The number of carbonyl (C=O) groups excluding carboxylic acids is 1. The summed E-state index contributed by atoms with van der Waals surface area (Å²) in [6, 6.07) is 24.0. The second-order valence-electron chi connectivity index (χ2n) is 6.21. The van der Waals surface area contributed by atoms with Crippen LogP contribution < -0.4 is 0 Å². The maximum absolute atomic E-state index is 13.2. The summed E-state index contributed by atoms with van der Waals surface area (Å²) in [6.07, 6.45) is 4.24. The maximum Gasteiger partial charge on any atom is 0.230 e. The highest BCUT2D eigenvalue weighted by Crippen LogP contribution is 2.23. The van der Waals surface area contributed by atoms with Crippen molar-refractivity contribution in [1.29, 1.82) is 0 Å². The number of hydrogen-bond acceptors (Lipinski definition) is 2. The Bertz CT molecular complexity index is 788. The monoisotopic (exact) mass is 330 g/mol. The lowest BCUT2D eigenvalue weighted by atomic mass is 9.91. The average Bonchev–Trinajstić information content (AvgIpc) is 2.68. The van der Waals surface area contributed by atoms with Gasteiger partial charge >= 0.3 is 0 Å². The molecule has 25 heavy (non-hydrogen) atoms. The number of nitrogens with zero attached hydrogens (tertiary/aromatic N) is 2. The molecular weight excluding hydrogens is 308 g/mol. The number of hydrogen-bond donors (Lipinski definition) is 0. The molecule has 0 saturated heterocycles. The molecule has 0 saturated carbocycles. The fourth-order valence-electron chi connectivity index (χ4n) is 2.99. The average molecular weight is 330 g/mol. The van der Waals surface area contributed by atoms with Crippen molar-refractivity contribution in [2.45, 2.75) is 18.9 Å². The molecule has 126 valence electrons. The van der Waals surface area contributed by atoms with Crippen molar-refractivity contribution in [3.8, 4) is 0 Å². The molecule has 0 aliphatic heterocycles. The van der Waals surface area contributed by atoms with Crippen LogP contribution in [0.25, 0.3) is 0 Å². The van der Waals surface area contributed by atoms with Crippen LogP contribution in [0.5, 0.6) is 0 Å². The Labute approximate surface area is 149 Å². The first-order valence-corrected chi connectivity index (χ1v) is 8.47. The van der Waals surface area contributed by atoms with Gasteiger partial charge in [0, 0.05) is 26.0 Å². The number of carbonyl (C=O) groups is 1. The molecule has 3 nitrogen and oxygen atoms in total. The molecule has 0 fully saturated rings. The largest absolute Gasteiger partial charge is 0.341 e. The minimum absolute atomic E-state index is 0.124. The first-order valence-electron chi connectivity index (χ1n) is 8.47. The normalized spacial score (nSPS) is 11.7. The van der Waals surface area contributed by atoms with Crippen molar-refractivity contribution >= 4 is 5.91 Å². The Hall–Kier alpha value is -2.94. The third kappa shape index (κ3) is 4.54. The highest BCUT2D eigenvalue weighted by Gasteiger charge is 2.24.